The zero-order valence-electron chi connectivity index (χ0n) is 10.0. The summed E-state index contributed by atoms with van der Waals surface area (Å²) in [7, 11) is 1.70. The molecule has 0 fully saturated rings. The number of thiazole rings is 1. The van der Waals surface area contributed by atoms with Gasteiger partial charge in [-0.05, 0) is 12.8 Å². The maximum atomic E-state index is 5.90. The minimum absolute atomic E-state index is 0.158. The van der Waals surface area contributed by atoms with E-state index in [4.69, 9.17) is 10.5 Å². The monoisotopic (exact) mass is 243 g/mol. The van der Waals surface area contributed by atoms with Crippen molar-refractivity contribution in [2.45, 2.75) is 32.4 Å². The quantitative estimate of drug-likeness (QED) is 0.719. The van der Waals surface area contributed by atoms with E-state index in [0.29, 0.717) is 0 Å². The molecule has 0 aliphatic carbocycles. The van der Waals surface area contributed by atoms with Gasteiger partial charge in [0.1, 0.15) is 5.01 Å². The Hall–Kier alpha value is -0.490. The van der Waals surface area contributed by atoms with Crippen LogP contribution in [0, 0.1) is 0 Å². The van der Waals surface area contributed by atoms with Gasteiger partial charge in [-0.1, -0.05) is 6.92 Å². The van der Waals surface area contributed by atoms with Gasteiger partial charge in [0.15, 0.2) is 0 Å². The minimum atomic E-state index is 0.158. The standard InChI is InChI=1S/C11H21N3OS/c1-3-10-7-14-11(16-10)8-13-6-9(12)4-5-15-2/h7,9,13H,3-6,8,12H2,1-2H3. The first-order valence-corrected chi connectivity index (χ1v) is 6.46. The molecular weight excluding hydrogens is 222 g/mol. The van der Waals surface area contributed by atoms with Gasteiger partial charge in [0, 0.05) is 43.9 Å². The molecule has 0 amide bonds. The number of aryl methyl sites for hydroxylation is 1. The molecule has 0 aliphatic rings. The number of methoxy groups -OCH3 is 1. The lowest BCUT2D eigenvalue weighted by Crippen LogP contribution is -2.34. The van der Waals surface area contributed by atoms with Crippen LogP contribution in [0.25, 0.3) is 0 Å². The summed E-state index contributed by atoms with van der Waals surface area (Å²) in [6.07, 6.45) is 3.90. The molecule has 1 atom stereocenters. The van der Waals surface area contributed by atoms with Gasteiger partial charge in [0.05, 0.1) is 0 Å². The Labute approximate surface area is 101 Å². The van der Waals surface area contributed by atoms with Gasteiger partial charge in [0.2, 0.25) is 0 Å². The van der Waals surface area contributed by atoms with Crippen molar-refractivity contribution in [2.24, 2.45) is 5.73 Å². The van der Waals surface area contributed by atoms with E-state index in [2.05, 4.69) is 17.2 Å². The zero-order chi connectivity index (χ0) is 11.8. The number of hydrogen-bond donors (Lipinski definition) is 2. The van der Waals surface area contributed by atoms with Crippen molar-refractivity contribution in [3.63, 3.8) is 0 Å². The van der Waals surface area contributed by atoms with Crippen LogP contribution in [0.5, 0.6) is 0 Å². The average molecular weight is 243 g/mol. The lowest BCUT2D eigenvalue weighted by Gasteiger charge is -2.10. The van der Waals surface area contributed by atoms with Gasteiger partial charge in [-0.2, -0.15) is 0 Å². The maximum absolute atomic E-state index is 5.90. The van der Waals surface area contributed by atoms with Crippen LogP contribution in [-0.4, -0.2) is 31.3 Å². The highest BCUT2D eigenvalue weighted by Gasteiger charge is 2.03. The van der Waals surface area contributed by atoms with Crippen LogP contribution in [0.4, 0.5) is 0 Å². The second kappa shape index (κ2) is 7.73. The summed E-state index contributed by atoms with van der Waals surface area (Å²) in [6.45, 7) is 4.49. The smallest absolute Gasteiger partial charge is 0.107 e. The summed E-state index contributed by atoms with van der Waals surface area (Å²) in [5.41, 5.74) is 5.90. The highest BCUT2D eigenvalue weighted by molar-refractivity contribution is 7.11. The molecule has 1 aromatic heterocycles. The zero-order valence-corrected chi connectivity index (χ0v) is 10.8. The Morgan fingerprint density at radius 3 is 3.06 bits per heavy atom. The van der Waals surface area contributed by atoms with Crippen LogP contribution in [0.1, 0.15) is 23.2 Å². The highest BCUT2D eigenvalue weighted by Crippen LogP contribution is 2.12. The van der Waals surface area contributed by atoms with Crippen molar-refractivity contribution in [2.75, 3.05) is 20.3 Å². The van der Waals surface area contributed by atoms with Crippen LogP contribution >= 0.6 is 11.3 Å². The SMILES string of the molecule is CCc1cnc(CNCC(N)CCOC)s1. The van der Waals surface area contributed by atoms with Crippen LogP contribution in [-0.2, 0) is 17.7 Å². The summed E-state index contributed by atoms with van der Waals surface area (Å²) < 4.78 is 4.98. The molecule has 1 heterocycles. The fraction of sp³-hybridized carbons (Fsp3) is 0.727. The summed E-state index contributed by atoms with van der Waals surface area (Å²) in [5.74, 6) is 0. The van der Waals surface area contributed by atoms with Crippen molar-refractivity contribution in [1.29, 1.82) is 0 Å². The Morgan fingerprint density at radius 1 is 1.62 bits per heavy atom. The molecule has 0 radical (unpaired) electrons. The van der Waals surface area contributed by atoms with Gasteiger partial charge in [-0.3, -0.25) is 0 Å². The molecular formula is C11H21N3OS. The normalized spacial score (nSPS) is 12.9. The Morgan fingerprint density at radius 2 is 2.44 bits per heavy atom. The number of rotatable bonds is 8. The lowest BCUT2D eigenvalue weighted by atomic mass is 10.2. The van der Waals surface area contributed by atoms with Gasteiger partial charge in [0.25, 0.3) is 0 Å². The van der Waals surface area contributed by atoms with Gasteiger partial charge in [-0.15, -0.1) is 11.3 Å². The Balaban J connectivity index is 2.14. The first-order chi connectivity index (χ1) is 7.76. The molecule has 0 saturated carbocycles. The highest BCUT2D eigenvalue weighted by atomic mass is 32.1. The number of nitrogens with zero attached hydrogens (tertiary/aromatic N) is 1. The second-order valence-electron chi connectivity index (χ2n) is 3.75. The van der Waals surface area contributed by atoms with Gasteiger partial charge in [-0.25, -0.2) is 4.98 Å². The van der Waals surface area contributed by atoms with Crippen molar-refractivity contribution >= 4 is 11.3 Å². The number of hydrogen-bond acceptors (Lipinski definition) is 5. The predicted octanol–water partition coefficient (Wildman–Crippen LogP) is 1.16. The van der Waals surface area contributed by atoms with E-state index in [9.17, 15) is 0 Å². The summed E-state index contributed by atoms with van der Waals surface area (Å²) in [4.78, 5) is 5.67. The molecule has 0 saturated heterocycles. The van der Waals surface area contributed by atoms with Crippen molar-refractivity contribution < 1.29 is 4.74 Å². The van der Waals surface area contributed by atoms with Crippen LogP contribution in [0.2, 0.25) is 0 Å². The number of nitrogens with two attached hydrogens (primary N) is 1. The molecule has 1 rings (SSSR count). The fourth-order valence-electron chi connectivity index (χ4n) is 1.33. The molecule has 5 heteroatoms. The molecule has 1 aromatic rings. The van der Waals surface area contributed by atoms with E-state index >= 15 is 0 Å². The van der Waals surface area contributed by atoms with E-state index in [0.717, 1.165) is 37.5 Å². The molecule has 3 N–H and O–H groups in total. The molecule has 16 heavy (non-hydrogen) atoms. The average Bonchev–Trinajstić information content (AvgIpc) is 2.74. The molecule has 1 unspecified atom stereocenters. The van der Waals surface area contributed by atoms with Crippen LogP contribution in [0.15, 0.2) is 6.20 Å². The third kappa shape index (κ3) is 5.03. The van der Waals surface area contributed by atoms with E-state index < -0.39 is 0 Å². The van der Waals surface area contributed by atoms with Crippen LogP contribution < -0.4 is 11.1 Å². The van der Waals surface area contributed by atoms with E-state index in [1.165, 1.54) is 4.88 Å². The molecule has 4 nitrogen and oxygen atoms in total. The molecule has 0 aliphatic heterocycles. The Bertz CT molecular complexity index is 291. The molecule has 0 bridgehead atoms. The molecule has 0 spiro atoms. The molecule has 92 valence electrons. The summed E-state index contributed by atoms with van der Waals surface area (Å²) >= 11 is 1.76. The summed E-state index contributed by atoms with van der Waals surface area (Å²) in [5, 5.41) is 4.45. The van der Waals surface area contributed by atoms with Crippen molar-refractivity contribution in [1.82, 2.24) is 10.3 Å². The van der Waals surface area contributed by atoms with E-state index in [1.54, 1.807) is 18.4 Å². The fourth-order valence-corrected chi connectivity index (χ4v) is 2.16. The first kappa shape index (κ1) is 13.6. The number of aromatic nitrogens is 1. The van der Waals surface area contributed by atoms with Gasteiger partial charge < -0.3 is 15.8 Å². The second-order valence-corrected chi connectivity index (χ2v) is 4.95. The van der Waals surface area contributed by atoms with E-state index in [-0.39, 0.29) is 6.04 Å². The van der Waals surface area contributed by atoms with Crippen molar-refractivity contribution in [3.05, 3.63) is 16.1 Å². The third-order valence-electron chi connectivity index (χ3n) is 2.33. The predicted molar refractivity (Wildman–Crippen MR) is 67.7 cm³/mol. The minimum Gasteiger partial charge on any atom is -0.385 e. The Kier molecular flexibility index (Phi) is 6.56. The number of nitrogens with one attached hydrogen (secondary N) is 1. The lowest BCUT2D eigenvalue weighted by molar-refractivity contribution is 0.187. The van der Waals surface area contributed by atoms with Gasteiger partial charge >= 0.3 is 0 Å². The summed E-state index contributed by atoms with van der Waals surface area (Å²) in [6, 6.07) is 0.158. The number of ether oxygens (including phenoxy) is 1. The first-order valence-electron chi connectivity index (χ1n) is 5.65. The van der Waals surface area contributed by atoms with E-state index in [1.807, 2.05) is 6.20 Å². The largest absolute Gasteiger partial charge is 0.385 e. The molecule has 0 aromatic carbocycles. The van der Waals surface area contributed by atoms with Crippen LogP contribution in [0.3, 0.4) is 0 Å². The topological polar surface area (TPSA) is 60.2 Å². The third-order valence-corrected chi connectivity index (χ3v) is 3.47. The van der Waals surface area contributed by atoms with Crippen molar-refractivity contribution in [3.8, 4) is 0 Å². The maximum Gasteiger partial charge on any atom is 0.107 e.